The van der Waals surface area contributed by atoms with Crippen LogP contribution >= 0.6 is 22.6 Å². The first kappa shape index (κ1) is 35.5. The maximum atomic E-state index is 4.47. The fourth-order valence-corrected chi connectivity index (χ4v) is 17.0. The molecule has 0 bridgehead atoms. The van der Waals surface area contributed by atoms with Gasteiger partial charge in [-0.3, -0.25) is 0 Å². The van der Waals surface area contributed by atoms with Gasteiger partial charge in [0.05, 0.1) is 0 Å². The van der Waals surface area contributed by atoms with Crippen LogP contribution in [0.4, 0.5) is 17.1 Å². The topological polar surface area (TPSA) is 3.24 Å². The first-order valence-electron chi connectivity index (χ1n) is 18.3. The highest BCUT2D eigenvalue weighted by atomic mass is 127. The highest BCUT2D eigenvalue weighted by Crippen LogP contribution is 2.34. The van der Waals surface area contributed by atoms with Gasteiger partial charge in [-0.2, -0.15) is 0 Å². The van der Waals surface area contributed by atoms with E-state index in [1.165, 1.54) is 39.9 Å². The van der Waals surface area contributed by atoms with Crippen molar-refractivity contribution in [1.82, 2.24) is 0 Å². The van der Waals surface area contributed by atoms with Crippen LogP contribution in [0.2, 0.25) is 0 Å². The van der Waals surface area contributed by atoms with Crippen molar-refractivity contribution in [3.05, 3.63) is 240 Å². The monoisotopic (exact) mass is 837 g/mol. The van der Waals surface area contributed by atoms with Crippen molar-refractivity contribution in [1.29, 1.82) is 0 Å². The van der Waals surface area contributed by atoms with Gasteiger partial charge in [0.25, 0.3) is 0 Å². The van der Waals surface area contributed by atoms with Crippen molar-refractivity contribution in [3.63, 3.8) is 0 Å². The zero-order chi connectivity index (χ0) is 36.8. The molecule has 260 valence electrons. The van der Waals surface area contributed by atoms with E-state index in [0.29, 0.717) is 0 Å². The van der Waals surface area contributed by atoms with Gasteiger partial charge in [0.15, 0.2) is 16.1 Å². The molecule has 0 aliphatic carbocycles. The van der Waals surface area contributed by atoms with Crippen molar-refractivity contribution in [2.24, 2.45) is 0 Å². The lowest BCUT2D eigenvalue weighted by Gasteiger charge is -2.35. The average molecular weight is 838 g/mol. The fraction of sp³-hybridized carbons (Fsp3) is 0. The molecule has 1 nitrogen and oxygen atoms in total. The summed E-state index contributed by atoms with van der Waals surface area (Å²) in [6.07, 6.45) is 0. The number of hydrogen-bond acceptors (Lipinski definition) is 1. The van der Waals surface area contributed by atoms with Crippen LogP contribution in [0.15, 0.2) is 237 Å². The van der Waals surface area contributed by atoms with E-state index in [1.54, 1.807) is 0 Å². The largest absolute Gasteiger partial charge is 0.311 e. The Morgan fingerprint density at radius 3 is 0.926 bits per heavy atom. The molecule has 0 amide bonds. The molecule has 0 radical (unpaired) electrons. The van der Waals surface area contributed by atoms with Crippen molar-refractivity contribution in [2.45, 2.75) is 0 Å². The van der Waals surface area contributed by atoms with Gasteiger partial charge in [0, 0.05) is 20.6 Å². The Morgan fingerprint density at radius 1 is 0.333 bits per heavy atom. The SMILES string of the molecule is C=C[Si](c1ccccc1)(c1ccccc1)c1ccc(N(c2ccc(I)cc2)c2ccc([Si](c3ccccc3)(c3ccccc3)c3ccccc3)cc2)cc1. The molecule has 0 saturated heterocycles. The maximum Gasteiger partial charge on any atom is 0.179 e. The smallest absolute Gasteiger partial charge is 0.179 e. The van der Waals surface area contributed by atoms with Crippen LogP contribution < -0.4 is 41.2 Å². The Hall–Kier alpha value is -5.54. The summed E-state index contributed by atoms with van der Waals surface area (Å²) in [5, 5.41) is 9.41. The van der Waals surface area contributed by atoms with Gasteiger partial charge in [0.2, 0.25) is 0 Å². The summed E-state index contributed by atoms with van der Waals surface area (Å²) in [7, 11) is -5.14. The Morgan fingerprint density at radius 2 is 0.593 bits per heavy atom. The first-order valence-corrected chi connectivity index (χ1v) is 23.5. The minimum absolute atomic E-state index is 1.11. The number of hydrogen-bond donors (Lipinski definition) is 0. The number of benzene rings is 8. The molecular formula is C50H40INSi2. The van der Waals surface area contributed by atoms with Crippen molar-refractivity contribution in [2.75, 3.05) is 4.90 Å². The van der Waals surface area contributed by atoms with Crippen LogP contribution in [-0.4, -0.2) is 16.1 Å². The van der Waals surface area contributed by atoms with Gasteiger partial charge < -0.3 is 4.90 Å². The van der Waals surface area contributed by atoms with E-state index in [4.69, 9.17) is 0 Å². The second kappa shape index (κ2) is 15.8. The second-order valence-electron chi connectivity index (χ2n) is 13.5. The molecule has 54 heavy (non-hydrogen) atoms. The van der Waals surface area contributed by atoms with Crippen LogP contribution in [-0.2, 0) is 0 Å². The summed E-state index contributed by atoms with van der Waals surface area (Å²) in [5.74, 6) is 0. The Balaban J connectivity index is 1.27. The molecule has 0 aliphatic heterocycles. The van der Waals surface area contributed by atoms with Crippen molar-refractivity contribution < 1.29 is 0 Å². The summed E-state index contributed by atoms with van der Waals surface area (Å²) in [5.41, 5.74) is 5.57. The molecule has 0 fully saturated rings. The predicted molar refractivity (Wildman–Crippen MR) is 245 cm³/mol. The normalized spacial score (nSPS) is 11.5. The van der Waals surface area contributed by atoms with E-state index >= 15 is 0 Å². The Labute approximate surface area is 335 Å². The molecule has 0 N–H and O–H groups in total. The molecule has 0 aromatic heterocycles. The standard InChI is InChI=1S/C50H40INSi2/c1-2-53(44-18-8-3-9-19-44,45-20-10-4-11-21-45)46-36-32-42(33-37-46)52(41-30-28-40(51)29-31-41)43-34-38-50(39-35-43)54(47-22-12-5-13-23-47,48-24-14-6-15-25-48)49-26-16-7-17-27-49/h2-39H,1H2. The number of halogens is 1. The molecule has 0 atom stereocenters. The zero-order valence-corrected chi connectivity index (χ0v) is 34.1. The lowest BCUT2D eigenvalue weighted by Crippen LogP contribution is -2.74. The summed E-state index contributed by atoms with van der Waals surface area (Å²) in [4.78, 5) is 2.38. The van der Waals surface area contributed by atoms with E-state index in [0.717, 1.165) is 17.1 Å². The van der Waals surface area contributed by atoms with Crippen molar-refractivity contribution >= 4 is 92.1 Å². The van der Waals surface area contributed by atoms with E-state index in [2.05, 4.69) is 264 Å². The van der Waals surface area contributed by atoms with Crippen LogP contribution in [0.1, 0.15) is 0 Å². The Bertz CT molecular complexity index is 2280. The van der Waals surface area contributed by atoms with Gasteiger partial charge in [-0.1, -0.05) is 182 Å². The maximum absolute atomic E-state index is 4.47. The predicted octanol–water partition coefficient (Wildman–Crippen LogP) is 8.33. The Kier molecular flexibility index (Phi) is 10.4. The van der Waals surface area contributed by atoms with E-state index < -0.39 is 16.1 Å². The lowest BCUT2D eigenvalue weighted by atomic mass is 10.2. The van der Waals surface area contributed by atoms with Crippen molar-refractivity contribution in [3.8, 4) is 0 Å². The minimum atomic E-state index is -2.65. The molecule has 0 spiro atoms. The van der Waals surface area contributed by atoms with Gasteiger partial charge >= 0.3 is 0 Å². The van der Waals surface area contributed by atoms with E-state index in [9.17, 15) is 0 Å². The molecule has 0 saturated carbocycles. The van der Waals surface area contributed by atoms with Gasteiger partial charge in [-0.25, -0.2) is 0 Å². The van der Waals surface area contributed by atoms with Crippen LogP contribution in [0.5, 0.6) is 0 Å². The van der Waals surface area contributed by atoms with Crippen LogP contribution in [0.25, 0.3) is 0 Å². The molecule has 4 heteroatoms. The summed E-state index contributed by atoms with van der Waals surface area (Å²) >= 11 is 2.39. The molecule has 0 aliphatic rings. The average Bonchev–Trinajstić information content (AvgIpc) is 3.25. The molecular weight excluding hydrogens is 798 g/mol. The quantitative estimate of drug-likeness (QED) is 0.0720. The molecule has 8 rings (SSSR count). The number of nitrogens with zero attached hydrogens (tertiary/aromatic N) is 1. The third-order valence-corrected chi connectivity index (χ3v) is 20.5. The number of anilines is 3. The first-order chi connectivity index (χ1) is 26.6. The molecule has 0 heterocycles. The lowest BCUT2D eigenvalue weighted by molar-refractivity contribution is 1.28. The third kappa shape index (κ3) is 6.51. The minimum Gasteiger partial charge on any atom is -0.311 e. The van der Waals surface area contributed by atoms with Gasteiger partial charge in [-0.05, 0) is 107 Å². The fourth-order valence-electron chi connectivity index (χ4n) is 8.09. The second-order valence-corrected chi connectivity index (χ2v) is 22.3. The highest BCUT2D eigenvalue weighted by Gasteiger charge is 2.41. The zero-order valence-electron chi connectivity index (χ0n) is 30.0. The van der Waals surface area contributed by atoms with Gasteiger partial charge in [-0.15, -0.1) is 6.58 Å². The molecule has 8 aromatic carbocycles. The summed E-state index contributed by atoms with van der Waals surface area (Å²) in [6, 6.07) is 82.6. The van der Waals surface area contributed by atoms with E-state index in [1.807, 2.05) is 0 Å². The summed E-state index contributed by atoms with van der Waals surface area (Å²) in [6.45, 7) is 4.47. The van der Waals surface area contributed by atoms with Crippen LogP contribution in [0.3, 0.4) is 0 Å². The molecule has 8 aromatic rings. The van der Waals surface area contributed by atoms with Gasteiger partial charge in [0.1, 0.15) is 0 Å². The van der Waals surface area contributed by atoms with Crippen LogP contribution in [0, 0.1) is 3.57 Å². The third-order valence-electron chi connectivity index (χ3n) is 10.6. The number of rotatable bonds is 11. The highest BCUT2D eigenvalue weighted by molar-refractivity contribution is 14.1. The van der Waals surface area contributed by atoms with E-state index in [-0.39, 0.29) is 0 Å². The summed E-state index contributed by atoms with van der Waals surface area (Å²) < 4.78 is 1.21. The molecule has 0 unspecified atom stereocenters.